The number of hydrogen-bond acceptors (Lipinski definition) is 5. The summed E-state index contributed by atoms with van der Waals surface area (Å²) in [6, 6.07) is 6.81. The van der Waals surface area contributed by atoms with Gasteiger partial charge in [0, 0.05) is 12.1 Å². The van der Waals surface area contributed by atoms with E-state index in [1.807, 2.05) is 0 Å². The summed E-state index contributed by atoms with van der Waals surface area (Å²) in [5.41, 5.74) is 0. The van der Waals surface area contributed by atoms with E-state index in [2.05, 4.69) is 9.97 Å². The average Bonchev–Trinajstić information content (AvgIpc) is 2.76. The Balaban J connectivity index is 1.86. The van der Waals surface area contributed by atoms with Gasteiger partial charge in [0.05, 0.1) is 0 Å². The first-order chi connectivity index (χ1) is 8.31. The van der Waals surface area contributed by atoms with Crippen LogP contribution in [-0.2, 0) is 0 Å². The van der Waals surface area contributed by atoms with Crippen LogP contribution in [0.3, 0.4) is 0 Å². The summed E-state index contributed by atoms with van der Waals surface area (Å²) in [4.78, 5) is 7.71. The average molecular weight is 251 g/mol. The third-order valence-corrected chi connectivity index (χ3v) is 2.38. The summed E-state index contributed by atoms with van der Waals surface area (Å²) in [6.07, 6.45) is 1.34. The summed E-state index contributed by atoms with van der Waals surface area (Å²) in [5, 5.41) is 0.329. The third kappa shape index (κ3) is 2.09. The van der Waals surface area contributed by atoms with Crippen LogP contribution >= 0.6 is 11.6 Å². The maximum absolute atomic E-state index is 5.73. The quantitative estimate of drug-likeness (QED) is 0.767. The van der Waals surface area contributed by atoms with E-state index in [4.69, 9.17) is 25.8 Å². The van der Waals surface area contributed by atoms with Gasteiger partial charge < -0.3 is 14.2 Å². The van der Waals surface area contributed by atoms with Crippen molar-refractivity contribution in [3.63, 3.8) is 0 Å². The Morgan fingerprint density at radius 3 is 2.88 bits per heavy atom. The van der Waals surface area contributed by atoms with Gasteiger partial charge in [0.1, 0.15) is 17.2 Å². The third-order valence-electron chi connectivity index (χ3n) is 2.18. The Morgan fingerprint density at radius 2 is 2.00 bits per heavy atom. The highest BCUT2D eigenvalue weighted by atomic mass is 35.5. The predicted molar refractivity (Wildman–Crippen MR) is 59.7 cm³/mol. The zero-order valence-corrected chi connectivity index (χ0v) is 9.35. The van der Waals surface area contributed by atoms with Crippen molar-refractivity contribution in [1.82, 2.24) is 9.97 Å². The number of hydrogen-bond donors (Lipinski definition) is 0. The zero-order chi connectivity index (χ0) is 11.7. The Bertz CT molecular complexity index is 562. The first-order valence-electron chi connectivity index (χ1n) is 4.86. The van der Waals surface area contributed by atoms with E-state index in [1.165, 1.54) is 12.4 Å². The number of benzene rings is 1. The summed E-state index contributed by atoms with van der Waals surface area (Å²) in [5.74, 6) is 2.34. The van der Waals surface area contributed by atoms with Gasteiger partial charge in [-0.2, -0.15) is 0 Å². The number of rotatable bonds is 2. The molecule has 2 aromatic rings. The van der Waals surface area contributed by atoms with E-state index in [9.17, 15) is 0 Å². The van der Waals surface area contributed by atoms with E-state index in [0.29, 0.717) is 28.3 Å². The van der Waals surface area contributed by atoms with Gasteiger partial charge in [0.15, 0.2) is 11.5 Å². The molecule has 0 saturated heterocycles. The Hall–Kier alpha value is -2.01. The van der Waals surface area contributed by atoms with Gasteiger partial charge >= 0.3 is 0 Å². The highest BCUT2D eigenvalue weighted by molar-refractivity contribution is 6.29. The molecule has 0 bridgehead atoms. The van der Waals surface area contributed by atoms with Crippen molar-refractivity contribution in [1.29, 1.82) is 0 Å². The van der Waals surface area contributed by atoms with E-state index < -0.39 is 0 Å². The number of nitrogens with zero attached hydrogens (tertiary/aromatic N) is 2. The van der Waals surface area contributed by atoms with Crippen molar-refractivity contribution in [2.24, 2.45) is 0 Å². The molecule has 3 rings (SSSR count). The number of ether oxygens (including phenoxy) is 3. The monoisotopic (exact) mass is 250 g/mol. The lowest BCUT2D eigenvalue weighted by Crippen LogP contribution is -1.92. The number of aromatic nitrogens is 2. The minimum Gasteiger partial charge on any atom is -0.454 e. The SMILES string of the molecule is Clc1cc(Oc2ccc3c(c2)OCO3)ncn1. The van der Waals surface area contributed by atoms with Crippen LogP contribution < -0.4 is 14.2 Å². The molecule has 1 aromatic heterocycles. The Labute approximate surface area is 102 Å². The molecule has 6 heteroatoms. The van der Waals surface area contributed by atoms with E-state index >= 15 is 0 Å². The molecule has 0 fully saturated rings. The van der Waals surface area contributed by atoms with Crippen LogP contribution in [0, 0.1) is 0 Å². The van der Waals surface area contributed by atoms with Crippen LogP contribution in [0.1, 0.15) is 0 Å². The normalized spacial score (nSPS) is 12.5. The second-order valence-electron chi connectivity index (χ2n) is 3.30. The fourth-order valence-electron chi connectivity index (χ4n) is 1.43. The summed E-state index contributed by atoms with van der Waals surface area (Å²) in [7, 11) is 0. The van der Waals surface area contributed by atoms with Gasteiger partial charge in [-0.15, -0.1) is 0 Å². The molecule has 17 heavy (non-hydrogen) atoms. The molecule has 5 nitrogen and oxygen atoms in total. The second-order valence-corrected chi connectivity index (χ2v) is 3.68. The summed E-state index contributed by atoms with van der Waals surface area (Å²) >= 11 is 5.73. The van der Waals surface area contributed by atoms with Crippen molar-refractivity contribution in [3.05, 3.63) is 35.7 Å². The van der Waals surface area contributed by atoms with Crippen molar-refractivity contribution in [2.45, 2.75) is 0 Å². The van der Waals surface area contributed by atoms with Crippen LogP contribution in [0.15, 0.2) is 30.6 Å². The fourth-order valence-corrected chi connectivity index (χ4v) is 1.57. The predicted octanol–water partition coefficient (Wildman–Crippen LogP) is 2.65. The van der Waals surface area contributed by atoms with Crippen LogP contribution in [0.2, 0.25) is 5.15 Å². The second kappa shape index (κ2) is 4.10. The first-order valence-corrected chi connectivity index (χ1v) is 5.24. The lowest BCUT2D eigenvalue weighted by molar-refractivity contribution is 0.174. The Kier molecular flexibility index (Phi) is 2.45. The molecule has 1 aliphatic heterocycles. The van der Waals surface area contributed by atoms with Crippen LogP contribution in [0.4, 0.5) is 0 Å². The first kappa shape index (κ1) is 10.2. The standard InChI is InChI=1S/C11H7ClN2O3/c12-10-4-11(14-5-13-10)17-7-1-2-8-9(3-7)16-6-15-8/h1-5H,6H2. The lowest BCUT2D eigenvalue weighted by Gasteiger charge is -2.05. The molecule has 0 aliphatic carbocycles. The molecular weight excluding hydrogens is 244 g/mol. The van der Waals surface area contributed by atoms with Gasteiger partial charge in [-0.1, -0.05) is 11.6 Å². The maximum atomic E-state index is 5.73. The van der Waals surface area contributed by atoms with Crippen LogP contribution in [-0.4, -0.2) is 16.8 Å². The Morgan fingerprint density at radius 1 is 1.12 bits per heavy atom. The van der Waals surface area contributed by atoms with E-state index in [1.54, 1.807) is 18.2 Å². The maximum Gasteiger partial charge on any atom is 0.231 e. The van der Waals surface area contributed by atoms with Crippen molar-refractivity contribution in [3.8, 4) is 23.1 Å². The summed E-state index contributed by atoms with van der Waals surface area (Å²) in [6.45, 7) is 0.234. The smallest absolute Gasteiger partial charge is 0.231 e. The fraction of sp³-hybridized carbons (Fsp3) is 0.0909. The molecule has 0 atom stereocenters. The zero-order valence-electron chi connectivity index (χ0n) is 8.59. The van der Waals surface area contributed by atoms with Crippen LogP contribution in [0.5, 0.6) is 23.1 Å². The largest absolute Gasteiger partial charge is 0.454 e. The number of halogens is 1. The molecule has 1 aromatic carbocycles. The molecule has 86 valence electrons. The van der Waals surface area contributed by atoms with E-state index in [0.717, 1.165) is 0 Å². The highest BCUT2D eigenvalue weighted by Crippen LogP contribution is 2.36. The lowest BCUT2D eigenvalue weighted by atomic mass is 10.3. The topological polar surface area (TPSA) is 53.5 Å². The van der Waals surface area contributed by atoms with Gasteiger partial charge in [0.25, 0.3) is 0 Å². The minimum atomic E-state index is 0.234. The van der Waals surface area contributed by atoms with Gasteiger partial charge in [-0.05, 0) is 12.1 Å². The van der Waals surface area contributed by atoms with Crippen molar-refractivity contribution in [2.75, 3.05) is 6.79 Å². The van der Waals surface area contributed by atoms with Crippen molar-refractivity contribution >= 4 is 11.6 Å². The minimum absolute atomic E-state index is 0.234. The van der Waals surface area contributed by atoms with E-state index in [-0.39, 0.29) is 6.79 Å². The van der Waals surface area contributed by atoms with Gasteiger partial charge in [-0.25, -0.2) is 9.97 Å². The molecule has 0 saturated carbocycles. The molecular formula is C11H7ClN2O3. The molecule has 0 radical (unpaired) electrons. The van der Waals surface area contributed by atoms with Gasteiger partial charge in [-0.3, -0.25) is 0 Å². The van der Waals surface area contributed by atoms with Crippen LogP contribution in [0.25, 0.3) is 0 Å². The summed E-state index contributed by atoms with van der Waals surface area (Å²) < 4.78 is 16.0. The number of fused-ring (bicyclic) bond motifs is 1. The molecule has 0 spiro atoms. The molecule has 0 unspecified atom stereocenters. The highest BCUT2D eigenvalue weighted by Gasteiger charge is 2.14. The molecule has 1 aliphatic rings. The van der Waals surface area contributed by atoms with Gasteiger partial charge in [0.2, 0.25) is 12.7 Å². The molecule has 0 amide bonds. The van der Waals surface area contributed by atoms with Crippen molar-refractivity contribution < 1.29 is 14.2 Å². The molecule has 0 N–H and O–H groups in total. The molecule has 2 heterocycles.